The monoisotopic (exact) mass is 189 g/mol. The molecule has 0 heterocycles. The molecule has 72 valence electrons. The molecule has 0 aromatic heterocycles. The van der Waals surface area contributed by atoms with Gasteiger partial charge >= 0.3 is 0 Å². The Morgan fingerprint density at radius 3 is 2.67 bits per heavy atom. The van der Waals surface area contributed by atoms with Crippen LogP contribution in [-0.4, -0.2) is 28.8 Å². The zero-order valence-corrected chi connectivity index (χ0v) is 9.04. The average Bonchev–Trinajstić information content (AvgIpc) is 2.03. The minimum Gasteiger partial charge on any atom is -0.312 e. The van der Waals surface area contributed by atoms with Crippen LogP contribution >= 0.6 is 0 Å². The Morgan fingerprint density at radius 1 is 1.50 bits per heavy atom. The molecule has 0 aromatic carbocycles. The largest absolute Gasteiger partial charge is 0.312 e. The molecule has 12 heavy (non-hydrogen) atoms. The Balaban J connectivity index is 3.22. The number of nitrogens with one attached hydrogen (secondary N) is 1. The summed E-state index contributed by atoms with van der Waals surface area (Å²) in [5.74, 6) is 1.54. The third-order valence-electron chi connectivity index (χ3n) is 1.48. The van der Waals surface area contributed by atoms with Crippen molar-refractivity contribution < 1.29 is 4.21 Å². The highest BCUT2D eigenvalue weighted by molar-refractivity contribution is 7.84. The normalized spacial score (nSPS) is 12.6. The zero-order valence-electron chi connectivity index (χ0n) is 8.22. The van der Waals surface area contributed by atoms with Crippen molar-refractivity contribution in [2.24, 2.45) is 0 Å². The highest BCUT2D eigenvalue weighted by atomic mass is 32.2. The summed E-state index contributed by atoms with van der Waals surface area (Å²) in [6, 6.07) is 0. The van der Waals surface area contributed by atoms with Gasteiger partial charge in [-0.15, -0.1) is 0 Å². The first-order chi connectivity index (χ1) is 5.66. The lowest BCUT2D eigenvalue weighted by atomic mass is 10.3. The summed E-state index contributed by atoms with van der Waals surface area (Å²) < 4.78 is 11.0. The summed E-state index contributed by atoms with van der Waals surface area (Å²) in [5.41, 5.74) is 1.32. The smallest absolute Gasteiger partial charge is 0.0360 e. The van der Waals surface area contributed by atoms with Gasteiger partial charge in [-0.2, -0.15) is 0 Å². The molecule has 2 nitrogen and oxygen atoms in total. The van der Waals surface area contributed by atoms with Gasteiger partial charge in [-0.05, 0) is 13.8 Å². The van der Waals surface area contributed by atoms with Gasteiger partial charge < -0.3 is 5.32 Å². The Bertz CT molecular complexity index is 162. The van der Waals surface area contributed by atoms with Gasteiger partial charge in [0, 0.05) is 35.4 Å². The molecule has 0 saturated heterocycles. The van der Waals surface area contributed by atoms with E-state index in [-0.39, 0.29) is 0 Å². The summed E-state index contributed by atoms with van der Waals surface area (Å²) in [6.45, 7) is 7.84. The number of rotatable bonds is 6. The second kappa shape index (κ2) is 7.50. The zero-order chi connectivity index (χ0) is 9.40. The Labute approximate surface area is 77.9 Å². The predicted octanol–water partition coefficient (Wildman–Crippen LogP) is 1.31. The van der Waals surface area contributed by atoms with E-state index in [1.54, 1.807) is 0 Å². The maximum absolute atomic E-state index is 11.0. The molecule has 0 aliphatic carbocycles. The van der Waals surface area contributed by atoms with Crippen LogP contribution in [0, 0.1) is 0 Å². The van der Waals surface area contributed by atoms with E-state index >= 15 is 0 Å². The summed E-state index contributed by atoms with van der Waals surface area (Å²) in [6.07, 6.45) is 2.13. The van der Waals surface area contributed by atoms with E-state index in [4.69, 9.17) is 0 Å². The molecule has 0 bridgehead atoms. The van der Waals surface area contributed by atoms with Gasteiger partial charge in [-0.1, -0.05) is 18.6 Å². The highest BCUT2D eigenvalue weighted by Gasteiger charge is 1.92. The first kappa shape index (κ1) is 11.8. The van der Waals surface area contributed by atoms with Crippen molar-refractivity contribution in [1.29, 1.82) is 0 Å². The third kappa shape index (κ3) is 7.95. The van der Waals surface area contributed by atoms with Crippen molar-refractivity contribution in [2.75, 3.05) is 24.6 Å². The number of allylic oxidation sites excluding steroid dienone is 1. The summed E-state index contributed by atoms with van der Waals surface area (Å²) >= 11 is 0. The van der Waals surface area contributed by atoms with E-state index in [9.17, 15) is 4.21 Å². The number of hydrogen-bond acceptors (Lipinski definition) is 2. The molecule has 0 aliphatic rings. The maximum atomic E-state index is 11.0. The van der Waals surface area contributed by atoms with Crippen LogP contribution in [0.5, 0.6) is 0 Å². The predicted molar refractivity (Wildman–Crippen MR) is 55.9 cm³/mol. The van der Waals surface area contributed by atoms with E-state index in [1.165, 1.54) is 5.57 Å². The maximum Gasteiger partial charge on any atom is 0.0360 e. The third-order valence-corrected chi connectivity index (χ3v) is 2.79. The fourth-order valence-corrected chi connectivity index (χ4v) is 1.37. The van der Waals surface area contributed by atoms with Gasteiger partial charge in [-0.3, -0.25) is 4.21 Å². The molecule has 0 aromatic rings. The van der Waals surface area contributed by atoms with Crippen LogP contribution in [0.1, 0.15) is 20.8 Å². The molecule has 0 saturated carbocycles. The molecule has 0 rings (SSSR count). The van der Waals surface area contributed by atoms with Crippen LogP contribution in [0.4, 0.5) is 0 Å². The van der Waals surface area contributed by atoms with Crippen LogP contribution in [0.3, 0.4) is 0 Å². The Kier molecular flexibility index (Phi) is 7.40. The minimum absolute atomic E-state index is 0.624. The second-order valence-electron chi connectivity index (χ2n) is 2.92. The Hall–Kier alpha value is -0.150. The molecule has 0 amide bonds. The van der Waals surface area contributed by atoms with Gasteiger partial charge in [0.1, 0.15) is 0 Å². The van der Waals surface area contributed by atoms with E-state index in [0.29, 0.717) is 0 Å². The fourth-order valence-electron chi connectivity index (χ4n) is 0.709. The van der Waals surface area contributed by atoms with Crippen molar-refractivity contribution in [2.45, 2.75) is 20.8 Å². The molecular weight excluding hydrogens is 170 g/mol. The Morgan fingerprint density at radius 2 is 2.17 bits per heavy atom. The van der Waals surface area contributed by atoms with Crippen molar-refractivity contribution in [1.82, 2.24) is 5.32 Å². The van der Waals surface area contributed by atoms with Gasteiger partial charge in [0.2, 0.25) is 0 Å². The van der Waals surface area contributed by atoms with Gasteiger partial charge in [0.15, 0.2) is 0 Å². The lowest BCUT2D eigenvalue weighted by Crippen LogP contribution is -2.21. The second-order valence-corrected chi connectivity index (χ2v) is 4.78. The van der Waals surface area contributed by atoms with E-state index < -0.39 is 10.8 Å². The van der Waals surface area contributed by atoms with Gasteiger partial charge in [-0.25, -0.2) is 0 Å². The fraction of sp³-hybridized carbons (Fsp3) is 0.778. The number of hydrogen-bond donors (Lipinski definition) is 1. The molecule has 0 spiro atoms. The van der Waals surface area contributed by atoms with Gasteiger partial charge in [0.05, 0.1) is 0 Å². The molecule has 0 aliphatic heterocycles. The average molecular weight is 189 g/mol. The standard InChI is InChI=1S/C9H19NOS/c1-4-12(11)8-7-10-6-5-9(2)3/h5,10H,4,6-8H2,1-3H3. The van der Waals surface area contributed by atoms with Crippen LogP contribution in [0.2, 0.25) is 0 Å². The van der Waals surface area contributed by atoms with Crippen LogP contribution < -0.4 is 5.32 Å². The molecule has 1 N–H and O–H groups in total. The highest BCUT2D eigenvalue weighted by Crippen LogP contribution is 1.85. The van der Waals surface area contributed by atoms with E-state index in [0.717, 1.165) is 24.6 Å². The molecule has 1 atom stereocenters. The summed E-state index contributed by atoms with van der Waals surface area (Å²) in [7, 11) is -0.624. The first-order valence-electron chi connectivity index (χ1n) is 4.36. The van der Waals surface area contributed by atoms with E-state index in [2.05, 4.69) is 25.2 Å². The molecule has 0 radical (unpaired) electrons. The SMILES string of the molecule is CCS(=O)CCNCC=C(C)C. The lowest BCUT2D eigenvalue weighted by Gasteiger charge is -2.00. The van der Waals surface area contributed by atoms with E-state index in [1.807, 2.05) is 6.92 Å². The van der Waals surface area contributed by atoms with Crippen molar-refractivity contribution in [3.8, 4) is 0 Å². The summed E-state index contributed by atoms with van der Waals surface area (Å²) in [4.78, 5) is 0. The van der Waals surface area contributed by atoms with Crippen LogP contribution in [0.25, 0.3) is 0 Å². The van der Waals surface area contributed by atoms with Crippen molar-refractivity contribution in [3.63, 3.8) is 0 Å². The quantitative estimate of drug-likeness (QED) is 0.504. The van der Waals surface area contributed by atoms with Crippen molar-refractivity contribution in [3.05, 3.63) is 11.6 Å². The lowest BCUT2D eigenvalue weighted by molar-refractivity contribution is 0.679. The molecule has 3 heteroatoms. The first-order valence-corrected chi connectivity index (χ1v) is 5.84. The summed E-state index contributed by atoms with van der Waals surface area (Å²) in [5, 5.41) is 3.21. The molecule has 0 fully saturated rings. The van der Waals surface area contributed by atoms with Crippen LogP contribution in [0.15, 0.2) is 11.6 Å². The van der Waals surface area contributed by atoms with Gasteiger partial charge in [0.25, 0.3) is 0 Å². The minimum atomic E-state index is -0.624. The molecule has 1 unspecified atom stereocenters. The van der Waals surface area contributed by atoms with Crippen LogP contribution in [-0.2, 0) is 10.8 Å². The molecular formula is C9H19NOS. The topological polar surface area (TPSA) is 29.1 Å². The van der Waals surface area contributed by atoms with Crippen molar-refractivity contribution >= 4 is 10.8 Å².